The lowest BCUT2D eigenvalue weighted by Gasteiger charge is -2.25. The van der Waals surface area contributed by atoms with Crippen molar-refractivity contribution in [1.82, 2.24) is 15.1 Å². The van der Waals surface area contributed by atoms with Crippen LogP contribution in [0.15, 0.2) is 9.85 Å². The average Bonchev–Trinajstić information content (AvgIpc) is 2.80. The van der Waals surface area contributed by atoms with E-state index in [0.717, 1.165) is 4.34 Å². The molecule has 0 bridgehead atoms. The summed E-state index contributed by atoms with van der Waals surface area (Å²) in [4.78, 5) is 24.5. The monoisotopic (exact) mass is 257 g/mol. The van der Waals surface area contributed by atoms with Crippen molar-refractivity contribution in [1.29, 1.82) is 0 Å². The molecule has 0 spiro atoms. The Labute approximate surface area is 101 Å². The Morgan fingerprint density at radius 2 is 2.25 bits per heavy atom. The van der Waals surface area contributed by atoms with Gasteiger partial charge < -0.3 is 4.90 Å². The first kappa shape index (κ1) is 11.5. The van der Waals surface area contributed by atoms with Crippen molar-refractivity contribution >= 4 is 34.8 Å². The third kappa shape index (κ3) is 3.02. The Morgan fingerprint density at radius 3 is 2.88 bits per heavy atom. The molecule has 5 nitrogen and oxygen atoms in total. The molecule has 1 aliphatic heterocycles. The molecule has 0 saturated carbocycles. The van der Waals surface area contributed by atoms with E-state index in [4.69, 9.17) is 0 Å². The Morgan fingerprint density at radius 1 is 1.50 bits per heavy atom. The summed E-state index contributed by atoms with van der Waals surface area (Å²) in [6.45, 7) is 1.13. The van der Waals surface area contributed by atoms with Gasteiger partial charge in [-0.25, -0.2) is 0 Å². The van der Waals surface area contributed by atoms with E-state index in [-0.39, 0.29) is 11.7 Å². The maximum atomic E-state index is 11.8. The van der Waals surface area contributed by atoms with E-state index in [1.165, 1.54) is 23.1 Å². The Bertz CT molecular complexity index is 370. The van der Waals surface area contributed by atoms with E-state index >= 15 is 0 Å². The number of hydrogen-bond acceptors (Lipinski definition) is 6. The lowest BCUT2D eigenvalue weighted by molar-refractivity contribution is -0.132. The molecule has 1 aliphatic rings. The molecule has 0 N–H and O–H groups in total. The summed E-state index contributed by atoms with van der Waals surface area (Å²) in [6, 6.07) is 0. The third-order valence-corrected chi connectivity index (χ3v) is 4.18. The quantitative estimate of drug-likeness (QED) is 0.750. The second-order valence-corrected chi connectivity index (χ2v) is 5.47. The minimum absolute atomic E-state index is 0.0766. The summed E-state index contributed by atoms with van der Waals surface area (Å²) < 4.78 is 0.807. The van der Waals surface area contributed by atoms with Crippen LogP contribution < -0.4 is 0 Å². The van der Waals surface area contributed by atoms with E-state index in [9.17, 15) is 9.59 Å². The highest BCUT2D eigenvalue weighted by Crippen LogP contribution is 2.19. The topological polar surface area (TPSA) is 63.2 Å². The number of piperidine rings is 1. The normalized spacial score (nSPS) is 16.5. The number of carbonyl (C=O) groups is 2. The zero-order chi connectivity index (χ0) is 11.4. The van der Waals surface area contributed by atoms with Gasteiger partial charge in [0.2, 0.25) is 5.91 Å². The molecule has 86 valence electrons. The minimum atomic E-state index is 0.0766. The Balaban J connectivity index is 1.77. The van der Waals surface area contributed by atoms with Gasteiger partial charge in [0.15, 0.2) is 4.34 Å². The largest absolute Gasteiger partial charge is 0.341 e. The van der Waals surface area contributed by atoms with Gasteiger partial charge in [0.05, 0.1) is 5.75 Å². The summed E-state index contributed by atoms with van der Waals surface area (Å²) in [5.74, 6) is 0.706. The zero-order valence-electron chi connectivity index (χ0n) is 8.59. The van der Waals surface area contributed by atoms with Crippen LogP contribution in [0, 0.1) is 0 Å². The van der Waals surface area contributed by atoms with E-state index in [1.807, 2.05) is 0 Å². The summed E-state index contributed by atoms with van der Waals surface area (Å²) >= 11 is 2.83. The highest BCUT2D eigenvalue weighted by Gasteiger charge is 2.20. The Kier molecular flexibility index (Phi) is 3.89. The summed E-state index contributed by atoms with van der Waals surface area (Å²) in [5.41, 5.74) is 1.65. The number of likely N-dealkylation sites (tertiary alicyclic amines) is 1. The zero-order valence-corrected chi connectivity index (χ0v) is 10.2. The van der Waals surface area contributed by atoms with Crippen molar-refractivity contribution in [2.24, 2.45) is 0 Å². The molecule has 0 aliphatic carbocycles. The van der Waals surface area contributed by atoms with Gasteiger partial charge in [0.25, 0.3) is 0 Å². The smallest absolute Gasteiger partial charge is 0.233 e. The minimum Gasteiger partial charge on any atom is -0.341 e. The first-order chi connectivity index (χ1) is 7.75. The third-order valence-electron chi connectivity index (χ3n) is 2.33. The van der Waals surface area contributed by atoms with Crippen molar-refractivity contribution in [3.8, 4) is 0 Å². The highest BCUT2D eigenvalue weighted by molar-refractivity contribution is 8.01. The number of rotatable bonds is 3. The van der Waals surface area contributed by atoms with Gasteiger partial charge in [-0.05, 0) is 0 Å². The number of amides is 1. The van der Waals surface area contributed by atoms with Crippen LogP contribution in [0.2, 0.25) is 0 Å². The van der Waals surface area contributed by atoms with Crippen LogP contribution in [0.25, 0.3) is 0 Å². The predicted molar refractivity (Wildman–Crippen MR) is 61.5 cm³/mol. The van der Waals surface area contributed by atoms with Crippen LogP contribution in [-0.4, -0.2) is 45.6 Å². The Hall–Kier alpha value is -0.950. The molecule has 0 atom stereocenters. The number of hydrogen-bond donors (Lipinski definition) is 0. The van der Waals surface area contributed by atoms with Crippen LogP contribution >= 0.6 is 23.1 Å². The van der Waals surface area contributed by atoms with Gasteiger partial charge in [-0.2, -0.15) is 0 Å². The molecule has 2 heterocycles. The van der Waals surface area contributed by atoms with Crippen LogP contribution in [0.5, 0.6) is 0 Å². The van der Waals surface area contributed by atoms with Gasteiger partial charge in [0, 0.05) is 25.9 Å². The molecule has 1 saturated heterocycles. The van der Waals surface area contributed by atoms with E-state index in [0.29, 0.717) is 31.7 Å². The fraction of sp³-hybridized carbons (Fsp3) is 0.556. The lowest BCUT2D eigenvalue weighted by Crippen LogP contribution is -2.39. The van der Waals surface area contributed by atoms with Gasteiger partial charge in [-0.15, -0.1) is 10.2 Å². The number of nitrogens with zero attached hydrogens (tertiary/aromatic N) is 3. The summed E-state index contributed by atoms with van der Waals surface area (Å²) in [5, 5.41) is 7.55. The highest BCUT2D eigenvalue weighted by atomic mass is 32.2. The summed E-state index contributed by atoms with van der Waals surface area (Å²) in [7, 11) is 0. The number of ketones is 1. The molecule has 0 aromatic carbocycles. The van der Waals surface area contributed by atoms with Gasteiger partial charge in [0.1, 0.15) is 11.3 Å². The van der Waals surface area contributed by atoms with Crippen molar-refractivity contribution < 1.29 is 9.59 Å². The fourth-order valence-electron chi connectivity index (χ4n) is 1.45. The maximum Gasteiger partial charge on any atom is 0.233 e. The van der Waals surface area contributed by atoms with E-state index in [1.54, 1.807) is 10.4 Å². The molecule has 1 aromatic heterocycles. The second-order valence-electron chi connectivity index (χ2n) is 3.41. The van der Waals surface area contributed by atoms with Crippen molar-refractivity contribution in [2.75, 3.05) is 18.8 Å². The molecule has 2 rings (SSSR count). The number of carbonyl (C=O) groups excluding carboxylic acids is 2. The van der Waals surface area contributed by atoms with Crippen LogP contribution in [-0.2, 0) is 9.59 Å². The molecular weight excluding hydrogens is 246 g/mol. The van der Waals surface area contributed by atoms with Crippen molar-refractivity contribution in [2.45, 2.75) is 17.2 Å². The molecule has 0 unspecified atom stereocenters. The first-order valence-electron chi connectivity index (χ1n) is 4.94. The number of aromatic nitrogens is 2. The first-order valence-corrected chi connectivity index (χ1v) is 6.80. The number of Topliss-reactive ketones (excluding diaryl/α,β-unsaturated/α-hetero) is 1. The molecule has 1 fully saturated rings. The van der Waals surface area contributed by atoms with Gasteiger partial charge in [-0.3, -0.25) is 9.59 Å². The predicted octanol–water partition coefficient (Wildman–Crippen LogP) is 0.822. The lowest BCUT2D eigenvalue weighted by atomic mass is 10.1. The van der Waals surface area contributed by atoms with Crippen LogP contribution in [0.4, 0.5) is 0 Å². The molecule has 1 amide bonds. The van der Waals surface area contributed by atoms with Crippen LogP contribution in [0.1, 0.15) is 12.8 Å². The molecule has 16 heavy (non-hydrogen) atoms. The van der Waals surface area contributed by atoms with Gasteiger partial charge in [-0.1, -0.05) is 23.1 Å². The molecular formula is C9H11N3O2S2. The average molecular weight is 257 g/mol. The molecule has 0 radical (unpaired) electrons. The summed E-state index contributed by atoms with van der Waals surface area (Å²) in [6.07, 6.45) is 0.991. The fourth-order valence-corrected chi connectivity index (χ4v) is 2.84. The van der Waals surface area contributed by atoms with E-state index in [2.05, 4.69) is 10.2 Å². The van der Waals surface area contributed by atoms with Crippen LogP contribution in [0.3, 0.4) is 0 Å². The standard InChI is InChI=1S/C9H11N3O2S2/c13-7-1-3-12(4-2-7)8(14)5-15-9-11-10-6-16-9/h6H,1-5H2. The maximum absolute atomic E-state index is 11.8. The van der Waals surface area contributed by atoms with Crippen molar-refractivity contribution in [3.05, 3.63) is 5.51 Å². The van der Waals surface area contributed by atoms with Gasteiger partial charge >= 0.3 is 0 Å². The number of thioether (sulfide) groups is 1. The SMILES string of the molecule is O=C1CCN(C(=O)CSc2nncs2)CC1. The van der Waals surface area contributed by atoms with E-state index < -0.39 is 0 Å². The van der Waals surface area contributed by atoms with Crippen molar-refractivity contribution in [3.63, 3.8) is 0 Å². The molecule has 7 heteroatoms. The molecule has 1 aromatic rings. The second kappa shape index (κ2) is 5.40.